The quantitative estimate of drug-likeness (QED) is 0.829. The molecule has 1 atom stereocenters. The normalized spacial score (nSPS) is 12.0. The van der Waals surface area contributed by atoms with Crippen molar-refractivity contribution in [3.63, 3.8) is 0 Å². The third-order valence-electron chi connectivity index (χ3n) is 3.25. The number of aliphatic hydroxyl groups excluding tert-OH is 1. The van der Waals surface area contributed by atoms with Crippen molar-refractivity contribution in [1.82, 2.24) is 0 Å². The van der Waals surface area contributed by atoms with E-state index in [4.69, 9.17) is 14.6 Å². The molecule has 0 heterocycles. The fourth-order valence-corrected chi connectivity index (χ4v) is 2.02. The van der Waals surface area contributed by atoms with Crippen LogP contribution in [0.15, 0.2) is 48.5 Å². The Balaban J connectivity index is 2.23. The Bertz CT molecular complexity index is 552. The fourth-order valence-electron chi connectivity index (χ4n) is 2.02. The van der Waals surface area contributed by atoms with Crippen molar-refractivity contribution in [2.24, 2.45) is 0 Å². The minimum atomic E-state index is -0.0550. The van der Waals surface area contributed by atoms with Crippen molar-refractivity contribution < 1.29 is 14.6 Å². The van der Waals surface area contributed by atoms with Crippen molar-refractivity contribution in [2.75, 3.05) is 6.61 Å². The summed E-state index contributed by atoms with van der Waals surface area (Å²) in [6, 6.07) is 15.6. The number of rotatable bonds is 7. The van der Waals surface area contributed by atoms with Crippen LogP contribution in [-0.4, -0.2) is 17.8 Å². The lowest BCUT2D eigenvalue weighted by molar-refractivity contribution is 0.165. The summed E-state index contributed by atoms with van der Waals surface area (Å²) in [6.45, 7) is 4.16. The maximum absolute atomic E-state index is 8.99. The molecular formula is C18H22O3. The first-order chi connectivity index (χ1) is 10.2. The van der Waals surface area contributed by atoms with Gasteiger partial charge in [-0.2, -0.15) is 0 Å². The molecule has 0 bridgehead atoms. The number of ether oxygens (including phenoxy) is 2. The molecule has 2 rings (SSSR count). The molecule has 0 radical (unpaired) electrons. The Kier molecular flexibility index (Phi) is 5.64. The Morgan fingerprint density at radius 1 is 1.05 bits per heavy atom. The minimum absolute atomic E-state index is 0.0550. The summed E-state index contributed by atoms with van der Waals surface area (Å²) in [4.78, 5) is 0. The van der Waals surface area contributed by atoms with Crippen LogP contribution in [0.2, 0.25) is 0 Å². The van der Waals surface area contributed by atoms with E-state index < -0.39 is 0 Å². The number of para-hydroxylation sites is 1. The third-order valence-corrected chi connectivity index (χ3v) is 3.25. The Morgan fingerprint density at radius 2 is 1.81 bits per heavy atom. The van der Waals surface area contributed by atoms with Gasteiger partial charge in [-0.15, -0.1) is 0 Å². The van der Waals surface area contributed by atoms with Gasteiger partial charge in [0, 0.05) is 13.0 Å². The molecule has 0 spiro atoms. The lowest BCUT2D eigenvalue weighted by atomic mass is 10.1. The van der Waals surface area contributed by atoms with Crippen LogP contribution in [0.25, 0.3) is 0 Å². The van der Waals surface area contributed by atoms with E-state index in [0.717, 1.165) is 12.2 Å². The summed E-state index contributed by atoms with van der Waals surface area (Å²) < 4.78 is 11.8. The first-order valence-corrected chi connectivity index (χ1v) is 7.36. The highest BCUT2D eigenvalue weighted by molar-refractivity contribution is 5.45. The molecule has 3 nitrogen and oxygen atoms in total. The third kappa shape index (κ3) is 4.50. The van der Waals surface area contributed by atoms with Crippen LogP contribution >= 0.6 is 0 Å². The van der Waals surface area contributed by atoms with Crippen molar-refractivity contribution in [3.8, 4) is 17.2 Å². The van der Waals surface area contributed by atoms with Crippen LogP contribution in [0.5, 0.6) is 17.2 Å². The molecule has 0 aliphatic rings. The van der Waals surface area contributed by atoms with Crippen LogP contribution in [-0.2, 0) is 6.42 Å². The maximum atomic E-state index is 8.99. The monoisotopic (exact) mass is 286 g/mol. The van der Waals surface area contributed by atoms with E-state index in [2.05, 4.69) is 6.92 Å². The summed E-state index contributed by atoms with van der Waals surface area (Å²) in [5, 5.41) is 8.99. The van der Waals surface area contributed by atoms with Gasteiger partial charge in [-0.3, -0.25) is 0 Å². The zero-order valence-electron chi connectivity index (χ0n) is 12.6. The molecule has 3 heteroatoms. The van der Waals surface area contributed by atoms with E-state index >= 15 is 0 Å². The molecule has 112 valence electrons. The van der Waals surface area contributed by atoms with E-state index in [-0.39, 0.29) is 12.7 Å². The first-order valence-electron chi connectivity index (χ1n) is 7.36. The smallest absolute Gasteiger partial charge is 0.169 e. The molecule has 2 aromatic carbocycles. The number of hydrogen-bond donors (Lipinski definition) is 1. The molecule has 0 amide bonds. The Labute approximate surface area is 126 Å². The van der Waals surface area contributed by atoms with E-state index in [1.807, 2.05) is 55.5 Å². The summed E-state index contributed by atoms with van der Waals surface area (Å²) in [5.41, 5.74) is 1.20. The predicted molar refractivity (Wildman–Crippen MR) is 84.1 cm³/mol. The summed E-state index contributed by atoms with van der Waals surface area (Å²) in [7, 11) is 0. The van der Waals surface area contributed by atoms with Crippen LogP contribution in [0.3, 0.4) is 0 Å². The van der Waals surface area contributed by atoms with E-state index in [9.17, 15) is 0 Å². The number of aliphatic hydroxyl groups is 1. The largest absolute Gasteiger partial charge is 0.487 e. The summed E-state index contributed by atoms with van der Waals surface area (Å²) >= 11 is 0. The molecule has 1 unspecified atom stereocenters. The fraction of sp³-hybridized carbons (Fsp3) is 0.333. The highest BCUT2D eigenvalue weighted by Gasteiger charge is 2.11. The van der Waals surface area contributed by atoms with Crippen molar-refractivity contribution in [3.05, 3.63) is 54.1 Å². The van der Waals surface area contributed by atoms with Gasteiger partial charge in [0.05, 0.1) is 6.10 Å². The molecule has 2 aromatic rings. The molecule has 0 fully saturated rings. The van der Waals surface area contributed by atoms with Crippen LogP contribution in [0, 0.1) is 0 Å². The summed E-state index contributed by atoms with van der Waals surface area (Å²) in [6.07, 6.45) is 1.48. The van der Waals surface area contributed by atoms with Gasteiger partial charge in [0.2, 0.25) is 0 Å². The van der Waals surface area contributed by atoms with Crippen molar-refractivity contribution >= 4 is 0 Å². The Hall–Kier alpha value is -2.00. The van der Waals surface area contributed by atoms with Crippen LogP contribution in [0.4, 0.5) is 0 Å². The van der Waals surface area contributed by atoms with Crippen molar-refractivity contribution in [1.29, 1.82) is 0 Å². The van der Waals surface area contributed by atoms with Gasteiger partial charge in [-0.1, -0.05) is 31.2 Å². The number of hydrogen-bond acceptors (Lipinski definition) is 3. The van der Waals surface area contributed by atoms with Gasteiger partial charge >= 0.3 is 0 Å². The average Bonchev–Trinajstić information content (AvgIpc) is 2.50. The maximum Gasteiger partial charge on any atom is 0.169 e. The highest BCUT2D eigenvalue weighted by Crippen LogP contribution is 2.33. The second kappa shape index (κ2) is 7.70. The van der Waals surface area contributed by atoms with Crippen LogP contribution < -0.4 is 9.47 Å². The summed E-state index contributed by atoms with van der Waals surface area (Å²) in [5.74, 6) is 2.20. The van der Waals surface area contributed by atoms with Crippen molar-refractivity contribution in [2.45, 2.75) is 32.8 Å². The zero-order valence-corrected chi connectivity index (χ0v) is 12.6. The molecule has 0 saturated carbocycles. The first kappa shape index (κ1) is 15.4. The van der Waals surface area contributed by atoms with Gasteiger partial charge in [0.1, 0.15) is 5.75 Å². The van der Waals surface area contributed by atoms with Gasteiger partial charge in [-0.05, 0) is 43.2 Å². The molecule has 0 aliphatic carbocycles. The second-order valence-electron chi connectivity index (χ2n) is 4.99. The topological polar surface area (TPSA) is 38.7 Å². The van der Waals surface area contributed by atoms with Gasteiger partial charge in [0.15, 0.2) is 11.5 Å². The number of aryl methyl sites for hydroxylation is 1. The molecule has 1 N–H and O–H groups in total. The molecule has 0 aliphatic heterocycles. The van der Waals surface area contributed by atoms with Crippen LogP contribution in [0.1, 0.15) is 25.8 Å². The molecule has 21 heavy (non-hydrogen) atoms. The zero-order chi connectivity index (χ0) is 15.1. The lowest BCUT2D eigenvalue weighted by Gasteiger charge is -2.17. The molecule has 0 aromatic heterocycles. The van der Waals surface area contributed by atoms with E-state index in [1.54, 1.807) is 0 Å². The average molecular weight is 286 g/mol. The SMILES string of the molecule is CCc1ccc(OC(C)CCO)c(Oc2ccccc2)c1. The second-order valence-corrected chi connectivity index (χ2v) is 4.99. The van der Waals surface area contributed by atoms with Gasteiger partial charge < -0.3 is 14.6 Å². The molecular weight excluding hydrogens is 264 g/mol. The Morgan fingerprint density at radius 3 is 2.48 bits per heavy atom. The van der Waals surface area contributed by atoms with Gasteiger partial charge in [0.25, 0.3) is 0 Å². The predicted octanol–water partition coefficient (Wildman–Crippen LogP) is 4.19. The van der Waals surface area contributed by atoms with Gasteiger partial charge in [-0.25, -0.2) is 0 Å². The highest BCUT2D eigenvalue weighted by atomic mass is 16.5. The lowest BCUT2D eigenvalue weighted by Crippen LogP contribution is -2.13. The molecule has 0 saturated heterocycles. The minimum Gasteiger partial charge on any atom is -0.487 e. The standard InChI is InChI=1S/C18H22O3/c1-3-15-9-10-17(20-14(2)11-12-19)18(13-15)21-16-7-5-4-6-8-16/h4-10,13-14,19H,3,11-12H2,1-2H3. The van der Waals surface area contributed by atoms with E-state index in [1.165, 1.54) is 5.56 Å². The number of benzene rings is 2. The van der Waals surface area contributed by atoms with E-state index in [0.29, 0.717) is 17.9 Å².